The van der Waals surface area contributed by atoms with E-state index in [4.69, 9.17) is 25.7 Å². The van der Waals surface area contributed by atoms with E-state index >= 15 is 4.39 Å². The second-order valence-corrected chi connectivity index (χ2v) is 10.9. The Morgan fingerprint density at radius 2 is 1.75 bits per heavy atom. The number of nitrogens with two attached hydrogens (primary N) is 2. The quantitative estimate of drug-likeness (QED) is 0.254. The third-order valence-corrected chi connectivity index (χ3v) is 7.97. The molecule has 4 aromatic rings. The van der Waals surface area contributed by atoms with E-state index in [-0.39, 0.29) is 29.3 Å². The van der Waals surface area contributed by atoms with Crippen molar-refractivity contribution >= 4 is 34.6 Å². The Kier molecular flexibility index (Phi) is 7.57. The van der Waals surface area contributed by atoms with Crippen LogP contribution < -0.4 is 36.0 Å². The van der Waals surface area contributed by atoms with Gasteiger partial charge >= 0.3 is 5.97 Å². The molecule has 1 aromatic carbocycles. The van der Waals surface area contributed by atoms with E-state index in [2.05, 4.69) is 15.0 Å². The molecule has 2 fully saturated rings. The van der Waals surface area contributed by atoms with E-state index in [0.717, 1.165) is 24.5 Å². The van der Waals surface area contributed by atoms with Crippen molar-refractivity contribution in [3.63, 3.8) is 0 Å². The third-order valence-electron chi connectivity index (χ3n) is 7.97. The Balaban J connectivity index is 1.21. The maximum Gasteiger partial charge on any atom is 0.341 e. The first kappa shape index (κ1) is 29.0. The first-order valence-corrected chi connectivity index (χ1v) is 14.2. The molecule has 0 unspecified atom stereocenters. The summed E-state index contributed by atoms with van der Waals surface area (Å²) in [7, 11) is 3.09. The number of rotatable bonds is 9. The molecule has 13 nitrogen and oxygen atoms in total. The molecule has 44 heavy (non-hydrogen) atoms. The predicted octanol–water partition coefficient (Wildman–Crippen LogP) is 3.18. The van der Waals surface area contributed by atoms with Crippen molar-refractivity contribution in [2.24, 2.45) is 0 Å². The predicted molar refractivity (Wildman–Crippen MR) is 160 cm³/mol. The van der Waals surface area contributed by atoms with Gasteiger partial charge in [-0.1, -0.05) is 0 Å². The van der Waals surface area contributed by atoms with Gasteiger partial charge in [0.15, 0.2) is 23.1 Å². The fourth-order valence-corrected chi connectivity index (χ4v) is 5.54. The summed E-state index contributed by atoms with van der Waals surface area (Å²) in [6.07, 6.45) is 5.91. The molecule has 0 bridgehead atoms. The number of hydrogen-bond acceptors (Lipinski definition) is 11. The average molecular weight is 606 g/mol. The summed E-state index contributed by atoms with van der Waals surface area (Å²) < 4.78 is 34.7. The van der Waals surface area contributed by atoms with E-state index in [1.165, 1.54) is 6.20 Å². The number of carboxylic acids is 1. The lowest BCUT2D eigenvalue weighted by molar-refractivity contribution is 0.0694. The number of fused-ring (bicyclic) bond motifs is 1. The van der Waals surface area contributed by atoms with Crippen molar-refractivity contribution in [2.45, 2.75) is 44.2 Å². The first-order chi connectivity index (χ1) is 21.2. The molecule has 0 radical (unpaired) electrons. The highest BCUT2D eigenvalue weighted by Gasteiger charge is 2.30. The maximum atomic E-state index is 15.4. The van der Waals surface area contributed by atoms with Crippen molar-refractivity contribution < 1.29 is 28.5 Å². The summed E-state index contributed by atoms with van der Waals surface area (Å²) in [6, 6.07) is 4.82. The molecular formula is C30H32FN7O6. The molecular weight excluding hydrogens is 573 g/mol. The lowest BCUT2D eigenvalue weighted by Gasteiger charge is -2.33. The number of aromatic nitrogens is 4. The number of nitrogen functional groups attached to an aromatic ring is 2. The zero-order chi connectivity index (χ0) is 31.1. The molecule has 0 amide bonds. The lowest BCUT2D eigenvalue weighted by atomic mass is 10.0. The highest BCUT2D eigenvalue weighted by atomic mass is 19.1. The molecule has 5 N–H and O–H groups in total. The fraction of sp³-hybridized carbons (Fsp3) is 0.367. The van der Waals surface area contributed by atoms with E-state index in [0.29, 0.717) is 66.6 Å². The average Bonchev–Trinajstić information content (AvgIpc) is 3.85. The number of anilines is 3. The molecule has 1 aliphatic heterocycles. The van der Waals surface area contributed by atoms with Gasteiger partial charge < -0.3 is 40.3 Å². The van der Waals surface area contributed by atoms with Crippen LogP contribution in [0.5, 0.6) is 17.2 Å². The molecule has 6 rings (SSSR count). The van der Waals surface area contributed by atoms with Crippen LogP contribution in [-0.2, 0) is 6.42 Å². The minimum atomic E-state index is -1.35. The molecule has 1 aliphatic carbocycles. The van der Waals surface area contributed by atoms with Crippen molar-refractivity contribution in [2.75, 3.05) is 43.7 Å². The maximum absolute atomic E-state index is 15.4. The molecule has 1 saturated carbocycles. The van der Waals surface area contributed by atoms with E-state index in [9.17, 15) is 14.7 Å². The van der Waals surface area contributed by atoms with E-state index < -0.39 is 22.8 Å². The number of aromatic carboxylic acids is 1. The topological polar surface area (TPSA) is 181 Å². The van der Waals surface area contributed by atoms with Gasteiger partial charge in [-0.2, -0.15) is 4.98 Å². The summed E-state index contributed by atoms with van der Waals surface area (Å²) in [6.45, 7) is 0.889. The first-order valence-electron chi connectivity index (χ1n) is 14.2. The van der Waals surface area contributed by atoms with Crippen molar-refractivity contribution in [1.82, 2.24) is 19.5 Å². The minimum absolute atomic E-state index is 0.0366. The van der Waals surface area contributed by atoms with Gasteiger partial charge in [0, 0.05) is 56.4 Å². The van der Waals surface area contributed by atoms with Gasteiger partial charge in [-0.15, -0.1) is 0 Å². The number of carbonyl (C=O) groups is 1. The van der Waals surface area contributed by atoms with Gasteiger partial charge in [0.05, 0.1) is 19.6 Å². The summed E-state index contributed by atoms with van der Waals surface area (Å²) in [5.74, 6) is -0.0826. The smallest absolute Gasteiger partial charge is 0.341 e. The summed E-state index contributed by atoms with van der Waals surface area (Å²) >= 11 is 0. The molecule has 0 atom stereocenters. The molecule has 1 saturated heterocycles. The number of piperidine rings is 1. The van der Waals surface area contributed by atoms with E-state index in [1.807, 2.05) is 17.0 Å². The molecule has 230 valence electrons. The SMILES string of the molecule is COc1cc(Cc2cnc(N)nc2N)cc(OC)c1OC1CCN(c2nc3c(cc2F)c(=O)c(C(=O)O)cn3C2CC2)CC1. The number of hydrogen-bond donors (Lipinski definition) is 3. The van der Waals surface area contributed by atoms with Gasteiger partial charge in [0.2, 0.25) is 17.1 Å². The van der Waals surface area contributed by atoms with Gasteiger partial charge in [0.25, 0.3) is 0 Å². The molecule has 0 spiro atoms. The van der Waals surface area contributed by atoms with E-state index in [1.54, 1.807) is 25.0 Å². The standard InChI is InChI=1S/C30H32FN7O6/c1-42-22-10-15(9-16-13-34-30(33)35-26(16)32)11-23(43-2)25(22)44-18-5-7-37(8-6-18)28-21(31)12-19-24(39)20(29(40)41)14-38(17-3-4-17)27(19)36-28/h10-14,17-18H,3-9H2,1-2H3,(H,40,41)(H4,32,33,34,35). The van der Waals surface area contributed by atoms with Crippen LogP contribution in [0.3, 0.4) is 0 Å². The Labute approximate surface area is 251 Å². The van der Waals surface area contributed by atoms with Gasteiger partial charge in [-0.25, -0.2) is 19.2 Å². The number of ether oxygens (including phenoxy) is 3. The Bertz CT molecular complexity index is 1790. The van der Waals surface area contributed by atoms with Crippen LogP contribution in [0.4, 0.5) is 22.0 Å². The number of carboxylic acid groups (broad SMARTS) is 1. The second-order valence-electron chi connectivity index (χ2n) is 10.9. The van der Waals surface area contributed by atoms with Crippen molar-refractivity contribution in [3.05, 3.63) is 63.3 Å². The number of benzene rings is 1. The normalized spacial score (nSPS) is 15.4. The number of methoxy groups -OCH3 is 2. The Morgan fingerprint density at radius 3 is 2.34 bits per heavy atom. The zero-order valence-corrected chi connectivity index (χ0v) is 24.2. The van der Waals surface area contributed by atoms with Gasteiger partial charge in [-0.3, -0.25) is 4.79 Å². The fourth-order valence-electron chi connectivity index (χ4n) is 5.54. The van der Waals surface area contributed by atoms with Gasteiger partial charge in [0.1, 0.15) is 23.1 Å². The van der Waals surface area contributed by atoms with Crippen LogP contribution >= 0.6 is 0 Å². The highest BCUT2D eigenvalue weighted by Crippen LogP contribution is 2.41. The summed E-state index contributed by atoms with van der Waals surface area (Å²) in [5, 5.41) is 9.45. The Hall–Kier alpha value is -5.14. The molecule has 4 heterocycles. The Morgan fingerprint density at radius 1 is 1.07 bits per heavy atom. The highest BCUT2D eigenvalue weighted by molar-refractivity contribution is 5.92. The largest absolute Gasteiger partial charge is 0.493 e. The van der Waals surface area contributed by atoms with Crippen molar-refractivity contribution in [3.8, 4) is 17.2 Å². The van der Waals surface area contributed by atoms with Crippen molar-refractivity contribution in [1.29, 1.82) is 0 Å². The van der Waals surface area contributed by atoms with Crippen LogP contribution in [0.25, 0.3) is 11.0 Å². The minimum Gasteiger partial charge on any atom is -0.493 e. The van der Waals surface area contributed by atoms with Crippen LogP contribution in [0.1, 0.15) is 53.2 Å². The van der Waals surface area contributed by atoms with Crippen LogP contribution in [0, 0.1) is 5.82 Å². The monoisotopic (exact) mass is 605 g/mol. The summed E-state index contributed by atoms with van der Waals surface area (Å²) in [4.78, 5) is 38.8. The lowest BCUT2D eigenvalue weighted by Crippen LogP contribution is -2.39. The second kappa shape index (κ2) is 11.5. The third kappa shape index (κ3) is 5.50. The molecule has 3 aromatic heterocycles. The number of nitrogens with zero attached hydrogens (tertiary/aromatic N) is 5. The number of halogens is 1. The molecule has 14 heteroatoms. The van der Waals surface area contributed by atoms with Crippen LogP contribution in [0.15, 0.2) is 35.4 Å². The summed E-state index contributed by atoms with van der Waals surface area (Å²) in [5.41, 5.74) is 12.3. The van der Waals surface area contributed by atoms with Crippen LogP contribution in [0.2, 0.25) is 0 Å². The zero-order valence-electron chi connectivity index (χ0n) is 24.2. The molecule has 2 aliphatic rings. The number of pyridine rings is 2. The van der Waals surface area contributed by atoms with Crippen LogP contribution in [-0.4, -0.2) is 64.0 Å². The van der Waals surface area contributed by atoms with Gasteiger partial charge in [-0.05, 0) is 36.6 Å².